The quantitative estimate of drug-likeness (QED) is 0.851. The van der Waals surface area contributed by atoms with Crippen molar-refractivity contribution in [1.29, 1.82) is 0 Å². The topological polar surface area (TPSA) is 38.3 Å². The Morgan fingerprint density at radius 1 is 1.29 bits per heavy atom. The molecule has 21 heavy (non-hydrogen) atoms. The van der Waals surface area contributed by atoms with Gasteiger partial charge < -0.3 is 10.1 Å². The Labute approximate surface area is 127 Å². The van der Waals surface area contributed by atoms with E-state index in [2.05, 4.69) is 5.32 Å². The normalized spacial score (nSPS) is 10.2. The Balaban J connectivity index is 2.01. The van der Waals surface area contributed by atoms with Crippen molar-refractivity contribution in [2.75, 3.05) is 11.2 Å². The van der Waals surface area contributed by atoms with Crippen molar-refractivity contribution < 1.29 is 13.9 Å². The first-order chi connectivity index (χ1) is 10.1. The predicted molar refractivity (Wildman–Crippen MR) is 81.3 cm³/mol. The number of halogens is 2. The minimum absolute atomic E-state index is 0.0860. The second-order valence-electron chi connectivity index (χ2n) is 4.58. The number of carbonyl (C=O) groups is 1. The number of amides is 1. The molecule has 2 rings (SSSR count). The molecule has 0 saturated carbocycles. The number of rotatable bonds is 5. The molecule has 0 spiro atoms. The Kier molecular flexibility index (Phi) is 5.17. The Morgan fingerprint density at radius 2 is 2.10 bits per heavy atom. The molecule has 3 nitrogen and oxygen atoms in total. The summed E-state index contributed by atoms with van der Waals surface area (Å²) in [5.41, 5.74) is 2.32. The molecular weight excluding hydrogens is 293 g/mol. The predicted octanol–water partition coefficient (Wildman–Crippen LogP) is 3.89. The van der Waals surface area contributed by atoms with Gasteiger partial charge in [-0.2, -0.15) is 0 Å². The molecule has 0 heterocycles. The highest BCUT2D eigenvalue weighted by atomic mass is 35.5. The number of ether oxygens (including phenoxy) is 1. The first-order valence-corrected chi connectivity index (χ1v) is 6.95. The highest BCUT2D eigenvalue weighted by Crippen LogP contribution is 2.22. The van der Waals surface area contributed by atoms with E-state index in [1.54, 1.807) is 24.3 Å². The van der Waals surface area contributed by atoms with Crippen LogP contribution >= 0.6 is 11.6 Å². The molecule has 2 aromatic rings. The number of benzene rings is 2. The second-order valence-corrected chi connectivity index (χ2v) is 4.84. The lowest BCUT2D eigenvalue weighted by molar-refractivity contribution is -0.113. The molecule has 1 amide bonds. The third-order valence-electron chi connectivity index (χ3n) is 2.89. The standard InChI is InChI=1S/C16H15ClFNO2/c1-11-7-14(5-6-15(11)19-16(20)9-17)21-10-12-3-2-4-13(18)8-12/h2-8H,9-10H2,1H3,(H,19,20). The molecule has 0 bridgehead atoms. The van der Waals surface area contributed by atoms with Crippen LogP contribution in [0.5, 0.6) is 5.75 Å². The minimum Gasteiger partial charge on any atom is -0.489 e. The molecule has 110 valence electrons. The summed E-state index contributed by atoms with van der Waals surface area (Å²) in [7, 11) is 0. The Bertz CT molecular complexity index is 646. The lowest BCUT2D eigenvalue weighted by Crippen LogP contribution is -2.13. The second kappa shape index (κ2) is 7.09. The van der Waals surface area contributed by atoms with Crippen molar-refractivity contribution in [2.45, 2.75) is 13.5 Å². The van der Waals surface area contributed by atoms with Crippen LogP contribution in [-0.4, -0.2) is 11.8 Å². The van der Waals surface area contributed by atoms with Crippen LogP contribution in [0.3, 0.4) is 0 Å². The van der Waals surface area contributed by atoms with Crippen molar-refractivity contribution in [1.82, 2.24) is 0 Å². The average molecular weight is 308 g/mol. The molecule has 0 radical (unpaired) electrons. The van der Waals surface area contributed by atoms with Gasteiger partial charge in [0.15, 0.2) is 0 Å². The fourth-order valence-corrected chi connectivity index (χ4v) is 1.91. The third kappa shape index (κ3) is 4.46. The van der Waals surface area contributed by atoms with E-state index in [0.29, 0.717) is 11.4 Å². The van der Waals surface area contributed by atoms with E-state index in [0.717, 1.165) is 11.1 Å². The highest BCUT2D eigenvalue weighted by molar-refractivity contribution is 6.29. The van der Waals surface area contributed by atoms with Crippen molar-refractivity contribution in [3.63, 3.8) is 0 Å². The zero-order valence-corrected chi connectivity index (χ0v) is 12.3. The summed E-state index contributed by atoms with van der Waals surface area (Å²) in [6, 6.07) is 11.6. The summed E-state index contributed by atoms with van der Waals surface area (Å²) < 4.78 is 18.7. The summed E-state index contributed by atoms with van der Waals surface area (Å²) in [5, 5.41) is 2.69. The summed E-state index contributed by atoms with van der Waals surface area (Å²) in [5.74, 6) is 0.0253. The van der Waals surface area contributed by atoms with Gasteiger partial charge in [-0.1, -0.05) is 12.1 Å². The SMILES string of the molecule is Cc1cc(OCc2cccc(F)c2)ccc1NC(=O)CCl. The Morgan fingerprint density at radius 3 is 2.76 bits per heavy atom. The van der Waals surface area contributed by atoms with Crippen LogP contribution in [0.1, 0.15) is 11.1 Å². The molecule has 2 aromatic carbocycles. The van der Waals surface area contributed by atoms with Gasteiger partial charge >= 0.3 is 0 Å². The number of anilines is 1. The van der Waals surface area contributed by atoms with E-state index in [1.165, 1.54) is 12.1 Å². The zero-order valence-electron chi connectivity index (χ0n) is 11.5. The molecule has 0 unspecified atom stereocenters. The van der Waals surface area contributed by atoms with Gasteiger partial charge in [-0.3, -0.25) is 4.79 Å². The summed E-state index contributed by atoms with van der Waals surface area (Å²) >= 11 is 5.45. The largest absolute Gasteiger partial charge is 0.489 e. The van der Waals surface area contributed by atoms with Gasteiger partial charge in [-0.15, -0.1) is 11.6 Å². The van der Waals surface area contributed by atoms with Crippen molar-refractivity contribution in [3.05, 3.63) is 59.4 Å². The van der Waals surface area contributed by atoms with Gasteiger partial charge in [0, 0.05) is 5.69 Å². The molecule has 5 heteroatoms. The average Bonchev–Trinajstić information content (AvgIpc) is 2.47. The van der Waals surface area contributed by atoms with Crippen LogP contribution < -0.4 is 10.1 Å². The number of aryl methyl sites for hydroxylation is 1. The molecule has 0 atom stereocenters. The Hall–Kier alpha value is -2.07. The number of alkyl halides is 1. The van der Waals surface area contributed by atoms with Crippen LogP contribution in [0.15, 0.2) is 42.5 Å². The summed E-state index contributed by atoms with van der Waals surface area (Å²) in [6.45, 7) is 2.14. The van der Waals surface area contributed by atoms with E-state index < -0.39 is 0 Å². The first-order valence-electron chi connectivity index (χ1n) is 6.42. The minimum atomic E-state index is -0.286. The van der Waals surface area contributed by atoms with Crippen LogP contribution in [0.4, 0.5) is 10.1 Å². The fraction of sp³-hybridized carbons (Fsp3) is 0.188. The number of hydrogen-bond donors (Lipinski definition) is 1. The smallest absolute Gasteiger partial charge is 0.239 e. The molecule has 0 saturated heterocycles. The zero-order chi connectivity index (χ0) is 15.2. The van der Waals surface area contributed by atoms with Crippen LogP contribution in [0, 0.1) is 12.7 Å². The first kappa shape index (κ1) is 15.3. The van der Waals surface area contributed by atoms with Gasteiger partial charge in [-0.05, 0) is 48.4 Å². The summed E-state index contributed by atoms with van der Waals surface area (Å²) in [6.07, 6.45) is 0. The van der Waals surface area contributed by atoms with E-state index in [9.17, 15) is 9.18 Å². The molecule has 0 aliphatic heterocycles. The molecule has 0 fully saturated rings. The number of nitrogens with one attached hydrogen (secondary N) is 1. The maximum atomic E-state index is 13.1. The fourth-order valence-electron chi connectivity index (χ4n) is 1.84. The van der Waals surface area contributed by atoms with E-state index in [4.69, 9.17) is 16.3 Å². The highest BCUT2D eigenvalue weighted by Gasteiger charge is 2.05. The van der Waals surface area contributed by atoms with Crippen LogP contribution in [-0.2, 0) is 11.4 Å². The van der Waals surface area contributed by atoms with Crippen molar-refractivity contribution >= 4 is 23.2 Å². The van der Waals surface area contributed by atoms with E-state index in [1.807, 2.05) is 13.0 Å². The number of carbonyl (C=O) groups excluding carboxylic acids is 1. The maximum absolute atomic E-state index is 13.1. The lowest BCUT2D eigenvalue weighted by atomic mass is 10.2. The molecule has 0 aromatic heterocycles. The van der Waals surface area contributed by atoms with Gasteiger partial charge in [0.25, 0.3) is 0 Å². The molecular formula is C16H15ClFNO2. The van der Waals surface area contributed by atoms with Crippen molar-refractivity contribution in [2.24, 2.45) is 0 Å². The number of hydrogen-bond acceptors (Lipinski definition) is 2. The molecule has 0 aliphatic carbocycles. The van der Waals surface area contributed by atoms with Gasteiger partial charge in [0.05, 0.1) is 0 Å². The van der Waals surface area contributed by atoms with Crippen LogP contribution in [0.2, 0.25) is 0 Å². The van der Waals surface area contributed by atoms with Crippen molar-refractivity contribution in [3.8, 4) is 5.75 Å². The monoisotopic (exact) mass is 307 g/mol. The maximum Gasteiger partial charge on any atom is 0.239 e. The molecule has 0 aliphatic rings. The summed E-state index contributed by atoms with van der Waals surface area (Å²) in [4.78, 5) is 11.3. The van der Waals surface area contributed by atoms with Gasteiger partial charge in [0.1, 0.15) is 24.1 Å². The van der Waals surface area contributed by atoms with Gasteiger partial charge in [0.2, 0.25) is 5.91 Å². The lowest BCUT2D eigenvalue weighted by Gasteiger charge is -2.11. The van der Waals surface area contributed by atoms with E-state index >= 15 is 0 Å². The van der Waals surface area contributed by atoms with E-state index in [-0.39, 0.29) is 24.2 Å². The third-order valence-corrected chi connectivity index (χ3v) is 3.13. The van der Waals surface area contributed by atoms with Gasteiger partial charge in [-0.25, -0.2) is 4.39 Å². The molecule has 1 N–H and O–H groups in total. The van der Waals surface area contributed by atoms with Crippen LogP contribution in [0.25, 0.3) is 0 Å².